The lowest BCUT2D eigenvalue weighted by Crippen LogP contribution is -2.50. The summed E-state index contributed by atoms with van der Waals surface area (Å²) in [4.78, 5) is 28.1. The van der Waals surface area contributed by atoms with Crippen molar-refractivity contribution in [3.8, 4) is 0 Å². The van der Waals surface area contributed by atoms with Crippen molar-refractivity contribution in [2.45, 2.75) is 6.17 Å². The minimum Gasteiger partial charge on any atom is -0.298 e. The molecule has 1 atom stereocenters. The van der Waals surface area contributed by atoms with Crippen molar-refractivity contribution in [3.05, 3.63) is 73.7 Å². The Labute approximate surface area is 162 Å². The molecule has 0 spiro atoms. The summed E-state index contributed by atoms with van der Waals surface area (Å²) in [5, 5.41) is 21.8. The minimum absolute atomic E-state index is 0.111. The van der Waals surface area contributed by atoms with Gasteiger partial charge in [-0.05, 0) is 18.4 Å². The van der Waals surface area contributed by atoms with E-state index in [0.29, 0.717) is 32.0 Å². The predicted octanol–water partition coefficient (Wildman–Crippen LogP) is 1.75. The van der Waals surface area contributed by atoms with Crippen LogP contribution in [0.3, 0.4) is 0 Å². The highest BCUT2D eigenvalue weighted by atomic mass is 35.5. The lowest BCUT2D eigenvalue weighted by molar-refractivity contribution is -0.384. The number of hydrogen-bond donors (Lipinski definition) is 1. The Morgan fingerprint density at radius 3 is 2.81 bits per heavy atom. The summed E-state index contributed by atoms with van der Waals surface area (Å²) in [6, 6.07) is 11.3. The van der Waals surface area contributed by atoms with Gasteiger partial charge in [0.05, 0.1) is 10.3 Å². The van der Waals surface area contributed by atoms with Gasteiger partial charge in [0.25, 0.3) is 11.6 Å². The van der Waals surface area contributed by atoms with Crippen molar-refractivity contribution < 1.29 is 9.72 Å². The number of nitro benzene ring substituents is 1. The molecule has 2 aliphatic heterocycles. The molecule has 2 heterocycles. The van der Waals surface area contributed by atoms with Crippen LogP contribution in [0.1, 0.15) is 11.7 Å². The second kappa shape index (κ2) is 6.67. The molecule has 0 radical (unpaired) electrons. The molecule has 2 aromatic carbocycles. The maximum absolute atomic E-state index is 12.7. The molecule has 2 aromatic rings. The molecule has 1 amide bonds. The zero-order valence-electron chi connectivity index (χ0n) is 13.9. The standard InChI is InChI=1S/C17H12ClN5O3S/c1-27-17-20-16(24)14-10-4-2-3-5-13(10)19-15(22(14)21-17)11-8-9(23(25)26)6-7-12(11)18/h2-8,15H,1H3,(H,20,21,24). The SMILES string of the molecule is CSC1=NN2C(=c3ccccc3=NC2c2cc([N+](=O)[O-])ccc2Cl)C(=O)N1. The molecule has 0 aliphatic carbocycles. The van der Waals surface area contributed by atoms with Crippen LogP contribution in [-0.2, 0) is 4.79 Å². The zero-order chi connectivity index (χ0) is 19.1. The van der Waals surface area contributed by atoms with E-state index in [2.05, 4.69) is 15.4 Å². The van der Waals surface area contributed by atoms with Gasteiger partial charge in [-0.2, -0.15) is 0 Å². The van der Waals surface area contributed by atoms with Crippen LogP contribution in [0.4, 0.5) is 5.69 Å². The Bertz CT molecular complexity index is 1130. The molecule has 0 saturated heterocycles. The highest BCUT2D eigenvalue weighted by molar-refractivity contribution is 8.13. The van der Waals surface area contributed by atoms with E-state index >= 15 is 0 Å². The number of nitrogens with zero attached hydrogens (tertiary/aromatic N) is 4. The topological polar surface area (TPSA) is 100 Å². The number of rotatable bonds is 2. The highest BCUT2D eigenvalue weighted by Gasteiger charge is 2.35. The summed E-state index contributed by atoms with van der Waals surface area (Å²) >= 11 is 7.60. The largest absolute Gasteiger partial charge is 0.298 e. The van der Waals surface area contributed by atoms with Crippen LogP contribution in [0.2, 0.25) is 5.02 Å². The summed E-state index contributed by atoms with van der Waals surface area (Å²) in [6.07, 6.45) is 0.990. The van der Waals surface area contributed by atoms with Crippen LogP contribution in [0, 0.1) is 10.1 Å². The van der Waals surface area contributed by atoms with Crippen molar-refractivity contribution in [2.75, 3.05) is 6.26 Å². The number of halogens is 1. The first-order valence-electron chi connectivity index (χ1n) is 7.84. The van der Waals surface area contributed by atoms with Crippen LogP contribution in [0.5, 0.6) is 0 Å². The Balaban J connectivity index is 2.00. The number of thioether (sulfide) groups is 1. The summed E-state index contributed by atoms with van der Waals surface area (Å²) in [6.45, 7) is 0. The number of fused-ring (bicyclic) bond motifs is 2. The molecule has 1 N–H and O–H groups in total. The van der Waals surface area contributed by atoms with E-state index in [-0.39, 0.29) is 11.6 Å². The normalized spacial score (nSPS) is 18.1. The summed E-state index contributed by atoms with van der Waals surface area (Å²) in [7, 11) is 0. The molecular formula is C17H12ClN5O3S. The number of para-hydroxylation sites is 1. The van der Waals surface area contributed by atoms with Gasteiger partial charge in [0, 0.05) is 27.9 Å². The van der Waals surface area contributed by atoms with Crippen LogP contribution in [0.25, 0.3) is 5.70 Å². The molecule has 8 nitrogen and oxygen atoms in total. The third-order valence-corrected chi connectivity index (χ3v) is 5.09. The monoisotopic (exact) mass is 401 g/mol. The number of non-ortho nitro benzene ring substituents is 1. The number of amides is 1. The van der Waals surface area contributed by atoms with Crippen molar-refractivity contribution >= 4 is 45.8 Å². The molecule has 0 bridgehead atoms. The van der Waals surface area contributed by atoms with E-state index in [1.54, 1.807) is 24.5 Å². The van der Waals surface area contributed by atoms with E-state index < -0.39 is 11.1 Å². The number of nitrogens with one attached hydrogen (secondary N) is 1. The van der Waals surface area contributed by atoms with E-state index in [1.807, 2.05) is 6.07 Å². The molecule has 1 unspecified atom stereocenters. The van der Waals surface area contributed by atoms with Gasteiger partial charge in [0.2, 0.25) is 0 Å². The Morgan fingerprint density at radius 1 is 1.30 bits per heavy atom. The Kier molecular flexibility index (Phi) is 4.33. The molecule has 0 fully saturated rings. The van der Waals surface area contributed by atoms with E-state index in [1.165, 1.54) is 35.0 Å². The zero-order valence-corrected chi connectivity index (χ0v) is 15.5. The van der Waals surface area contributed by atoms with Crippen molar-refractivity contribution in [1.29, 1.82) is 0 Å². The molecule has 2 aliphatic rings. The fourth-order valence-electron chi connectivity index (χ4n) is 2.96. The fraction of sp³-hybridized carbons (Fsp3) is 0.118. The number of benzene rings is 2. The summed E-state index contributed by atoms with van der Waals surface area (Å²) in [5.41, 5.74) is 0.614. The number of carbonyl (C=O) groups is 1. The number of hydrazone groups is 1. The van der Waals surface area contributed by atoms with Gasteiger partial charge >= 0.3 is 0 Å². The minimum atomic E-state index is -0.796. The average molecular weight is 402 g/mol. The number of nitro groups is 1. The van der Waals surface area contributed by atoms with Gasteiger partial charge < -0.3 is 0 Å². The third kappa shape index (κ3) is 2.94. The Morgan fingerprint density at radius 2 is 2.07 bits per heavy atom. The Hall–Kier alpha value is -2.91. The van der Waals surface area contributed by atoms with Crippen molar-refractivity contribution in [3.63, 3.8) is 0 Å². The second-order valence-corrected chi connectivity index (χ2v) is 6.94. The molecule has 0 saturated carbocycles. The van der Waals surface area contributed by atoms with Crippen molar-refractivity contribution in [1.82, 2.24) is 10.3 Å². The molecule has 10 heteroatoms. The third-order valence-electron chi connectivity index (χ3n) is 4.18. The van der Waals surface area contributed by atoms with Gasteiger partial charge in [-0.25, -0.2) is 5.01 Å². The van der Waals surface area contributed by atoms with Crippen LogP contribution in [-0.4, -0.2) is 27.3 Å². The second-order valence-electron chi connectivity index (χ2n) is 5.74. The first kappa shape index (κ1) is 17.5. The first-order chi connectivity index (χ1) is 13.0. The average Bonchev–Trinajstić information content (AvgIpc) is 2.67. The highest BCUT2D eigenvalue weighted by Crippen LogP contribution is 2.36. The fourth-order valence-corrected chi connectivity index (χ4v) is 3.54. The van der Waals surface area contributed by atoms with Gasteiger partial charge in [-0.1, -0.05) is 41.6 Å². The van der Waals surface area contributed by atoms with E-state index in [4.69, 9.17) is 11.6 Å². The summed E-state index contributed by atoms with van der Waals surface area (Å²) < 4.78 is 0. The molecule has 136 valence electrons. The maximum Gasteiger partial charge on any atom is 0.276 e. The molecule has 27 heavy (non-hydrogen) atoms. The predicted molar refractivity (Wildman–Crippen MR) is 102 cm³/mol. The van der Waals surface area contributed by atoms with E-state index in [9.17, 15) is 14.9 Å². The number of carbonyl (C=O) groups excluding carboxylic acids is 1. The van der Waals surface area contributed by atoms with Crippen LogP contribution < -0.4 is 15.9 Å². The van der Waals surface area contributed by atoms with E-state index in [0.717, 1.165) is 0 Å². The van der Waals surface area contributed by atoms with Crippen LogP contribution >= 0.6 is 23.4 Å². The number of hydrogen-bond acceptors (Lipinski definition) is 7. The van der Waals surface area contributed by atoms with Gasteiger partial charge in [0.1, 0.15) is 5.70 Å². The first-order valence-corrected chi connectivity index (χ1v) is 9.44. The molecule has 4 rings (SSSR count). The van der Waals surface area contributed by atoms with Gasteiger partial charge in [-0.3, -0.25) is 25.2 Å². The van der Waals surface area contributed by atoms with Crippen LogP contribution in [0.15, 0.2) is 52.6 Å². The quantitative estimate of drug-likeness (QED) is 0.610. The lowest BCUT2D eigenvalue weighted by Gasteiger charge is -2.34. The van der Waals surface area contributed by atoms with Crippen molar-refractivity contribution in [2.24, 2.45) is 10.1 Å². The van der Waals surface area contributed by atoms with Gasteiger partial charge in [-0.15, -0.1) is 5.10 Å². The molecule has 0 aromatic heterocycles. The lowest BCUT2D eigenvalue weighted by atomic mass is 10.1. The molecular weight excluding hydrogens is 390 g/mol. The smallest absolute Gasteiger partial charge is 0.276 e. The maximum atomic E-state index is 12.7. The number of amidine groups is 1. The van der Waals surface area contributed by atoms with Gasteiger partial charge in [0.15, 0.2) is 11.3 Å². The summed E-state index contributed by atoms with van der Waals surface area (Å²) in [5.74, 6) is -0.316.